The molecule has 1 fully saturated rings. The van der Waals surface area contributed by atoms with Gasteiger partial charge in [-0.05, 0) is 56.0 Å². The van der Waals surface area contributed by atoms with E-state index in [1.54, 1.807) is 12.1 Å². The number of carbonyl (C=O) groups excluding carboxylic acids is 3. The smallest absolute Gasteiger partial charge is 0.408 e. The first kappa shape index (κ1) is 22.4. The molecule has 1 atom stereocenters. The molecule has 0 spiro atoms. The van der Waals surface area contributed by atoms with Crippen molar-refractivity contribution in [1.29, 1.82) is 0 Å². The van der Waals surface area contributed by atoms with Gasteiger partial charge in [0.25, 0.3) is 0 Å². The maximum atomic E-state index is 13.0. The number of alkyl carbamates (subject to hydrolysis) is 1. The van der Waals surface area contributed by atoms with Crippen molar-refractivity contribution in [3.8, 4) is 0 Å². The topological polar surface area (TPSA) is 101 Å². The third-order valence-electron chi connectivity index (χ3n) is 5.54. The Morgan fingerprint density at radius 1 is 1.12 bits per heavy atom. The average molecular weight is 450 g/mol. The molecule has 0 bridgehead atoms. The first-order valence-corrected chi connectivity index (χ1v) is 11.0. The summed E-state index contributed by atoms with van der Waals surface area (Å²) in [5.74, 6) is 0.222. The van der Waals surface area contributed by atoms with Gasteiger partial charge in [0.15, 0.2) is 0 Å². The van der Waals surface area contributed by atoms with Crippen LogP contribution in [0.1, 0.15) is 30.6 Å². The highest BCUT2D eigenvalue weighted by Crippen LogP contribution is 2.22. The Labute approximate surface area is 191 Å². The molecule has 172 valence electrons. The molecular weight excluding hydrogens is 422 g/mol. The van der Waals surface area contributed by atoms with Crippen molar-refractivity contribution in [3.05, 3.63) is 65.9 Å². The number of anilines is 1. The summed E-state index contributed by atoms with van der Waals surface area (Å²) in [6, 6.07) is 15.9. The molecule has 2 aromatic carbocycles. The minimum Gasteiger partial charge on any atom is -0.461 e. The summed E-state index contributed by atoms with van der Waals surface area (Å²) in [4.78, 5) is 39.3. The maximum absolute atomic E-state index is 13.0. The number of carbonyl (C=O) groups is 3. The van der Waals surface area contributed by atoms with E-state index in [0.717, 1.165) is 35.1 Å². The highest BCUT2D eigenvalue weighted by Gasteiger charge is 2.29. The molecule has 8 nitrogen and oxygen atoms in total. The molecule has 0 radical (unpaired) electrons. The van der Waals surface area contributed by atoms with Crippen molar-refractivity contribution in [2.45, 2.75) is 38.8 Å². The second-order valence-electron chi connectivity index (χ2n) is 8.17. The lowest BCUT2D eigenvalue weighted by atomic mass is 10.1. The van der Waals surface area contributed by atoms with Crippen LogP contribution in [0.5, 0.6) is 0 Å². The van der Waals surface area contributed by atoms with Crippen LogP contribution in [0.15, 0.2) is 59.0 Å². The van der Waals surface area contributed by atoms with Crippen LogP contribution in [0.25, 0.3) is 11.0 Å². The normalized spacial score (nSPS) is 16.3. The molecular formula is C25H27N3O5. The van der Waals surface area contributed by atoms with Crippen LogP contribution in [0.4, 0.5) is 10.5 Å². The molecule has 2 heterocycles. The van der Waals surface area contributed by atoms with Crippen molar-refractivity contribution < 1.29 is 23.5 Å². The maximum Gasteiger partial charge on any atom is 0.408 e. The van der Waals surface area contributed by atoms with Gasteiger partial charge >= 0.3 is 6.09 Å². The third-order valence-corrected chi connectivity index (χ3v) is 5.54. The van der Waals surface area contributed by atoms with Crippen molar-refractivity contribution in [1.82, 2.24) is 10.2 Å². The van der Waals surface area contributed by atoms with Crippen molar-refractivity contribution >= 4 is 34.6 Å². The Morgan fingerprint density at radius 2 is 1.94 bits per heavy atom. The third kappa shape index (κ3) is 5.91. The van der Waals surface area contributed by atoms with Crippen molar-refractivity contribution in [2.24, 2.45) is 0 Å². The van der Waals surface area contributed by atoms with E-state index >= 15 is 0 Å². The summed E-state index contributed by atoms with van der Waals surface area (Å²) in [6.07, 6.45) is 1.39. The van der Waals surface area contributed by atoms with Gasteiger partial charge in [-0.2, -0.15) is 0 Å². The summed E-state index contributed by atoms with van der Waals surface area (Å²) in [6.45, 7) is 2.37. The van der Waals surface area contributed by atoms with E-state index in [9.17, 15) is 14.4 Å². The standard InChI is InChI=1S/C25H27N3O5/c1-17-13-19-14-20(10-11-22(19)33-17)26-23(29)15-28-12-6-5-9-21(24(28)30)27-25(31)32-16-18-7-3-2-4-8-18/h2-4,7-8,10-11,13-14,21H,5-6,9,12,15-16H2,1H3,(H,26,29)(H,27,31)/t21-/m0/s1. The van der Waals surface area contributed by atoms with Crippen LogP contribution in [0.2, 0.25) is 0 Å². The zero-order valence-electron chi connectivity index (χ0n) is 18.5. The number of fused-ring (bicyclic) bond motifs is 1. The highest BCUT2D eigenvalue weighted by atomic mass is 16.5. The van der Waals surface area contributed by atoms with Crippen LogP contribution in [0.3, 0.4) is 0 Å². The number of benzene rings is 2. The lowest BCUT2D eigenvalue weighted by molar-refractivity contribution is -0.135. The van der Waals surface area contributed by atoms with Gasteiger partial charge in [-0.3, -0.25) is 9.59 Å². The molecule has 4 rings (SSSR count). The molecule has 3 amide bonds. The molecule has 3 aromatic rings. The van der Waals surface area contributed by atoms with Crippen LogP contribution in [-0.4, -0.2) is 41.9 Å². The largest absolute Gasteiger partial charge is 0.461 e. The highest BCUT2D eigenvalue weighted by molar-refractivity contribution is 5.97. The Bertz CT molecular complexity index is 1140. The molecule has 1 aliphatic rings. The second-order valence-corrected chi connectivity index (χ2v) is 8.17. The fourth-order valence-corrected chi connectivity index (χ4v) is 3.93. The second kappa shape index (κ2) is 10.2. The van der Waals surface area contributed by atoms with E-state index in [0.29, 0.717) is 18.7 Å². The van der Waals surface area contributed by atoms with Gasteiger partial charge in [0.1, 0.15) is 24.0 Å². The van der Waals surface area contributed by atoms with E-state index in [1.165, 1.54) is 4.90 Å². The van der Waals surface area contributed by atoms with Crippen LogP contribution < -0.4 is 10.6 Å². The Hall–Kier alpha value is -3.81. The van der Waals surface area contributed by atoms with Crippen LogP contribution in [-0.2, 0) is 20.9 Å². The molecule has 0 unspecified atom stereocenters. The number of hydrogen-bond donors (Lipinski definition) is 2. The van der Waals surface area contributed by atoms with E-state index in [-0.39, 0.29) is 25.0 Å². The van der Waals surface area contributed by atoms with Gasteiger partial charge in [-0.15, -0.1) is 0 Å². The van der Waals surface area contributed by atoms with E-state index in [2.05, 4.69) is 10.6 Å². The number of nitrogens with zero attached hydrogens (tertiary/aromatic N) is 1. The van der Waals surface area contributed by atoms with Crippen LogP contribution >= 0.6 is 0 Å². The molecule has 1 saturated heterocycles. The fraction of sp³-hybridized carbons (Fsp3) is 0.320. The summed E-state index contributed by atoms with van der Waals surface area (Å²) in [5.41, 5.74) is 2.25. The Morgan fingerprint density at radius 3 is 2.76 bits per heavy atom. The molecule has 0 saturated carbocycles. The summed E-state index contributed by atoms with van der Waals surface area (Å²) in [5, 5.41) is 6.40. The molecule has 8 heteroatoms. The van der Waals surface area contributed by atoms with Crippen molar-refractivity contribution in [2.75, 3.05) is 18.4 Å². The predicted molar refractivity (Wildman–Crippen MR) is 124 cm³/mol. The first-order chi connectivity index (χ1) is 16.0. The lowest BCUT2D eigenvalue weighted by Crippen LogP contribution is -2.49. The minimum atomic E-state index is -0.714. The SMILES string of the molecule is Cc1cc2cc(NC(=O)CN3CCCC[C@H](NC(=O)OCc4ccccc4)C3=O)ccc2o1. The molecule has 1 aromatic heterocycles. The quantitative estimate of drug-likeness (QED) is 0.593. The monoisotopic (exact) mass is 449 g/mol. The number of ether oxygens (including phenoxy) is 1. The van der Waals surface area contributed by atoms with Gasteiger partial charge in [0, 0.05) is 17.6 Å². The van der Waals surface area contributed by atoms with E-state index < -0.39 is 12.1 Å². The van der Waals surface area contributed by atoms with Gasteiger partial charge in [-0.25, -0.2) is 4.79 Å². The van der Waals surface area contributed by atoms with Gasteiger partial charge < -0.3 is 24.7 Å². The van der Waals surface area contributed by atoms with Gasteiger partial charge in [0.2, 0.25) is 11.8 Å². The zero-order chi connectivity index (χ0) is 23.2. The number of amides is 3. The summed E-state index contributed by atoms with van der Waals surface area (Å²) < 4.78 is 10.8. The molecule has 2 N–H and O–H groups in total. The molecule has 33 heavy (non-hydrogen) atoms. The predicted octanol–water partition coefficient (Wildman–Crippen LogP) is 3.99. The lowest BCUT2D eigenvalue weighted by Gasteiger charge is -2.24. The van der Waals surface area contributed by atoms with E-state index in [1.807, 2.05) is 49.4 Å². The average Bonchev–Trinajstić information content (AvgIpc) is 3.09. The number of hydrogen-bond acceptors (Lipinski definition) is 5. The van der Waals surface area contributed by atoms with E-state index in [4.69, 9.17) is 9.15 Å². The zero-order valence-corrected chi connectivity index (χ0v) is 18.5. The number of furan rings is 1. The fourth-order valence-electron chi connectivity index (χ4n) is 3.93. The Balaban J connectivity index is 1.32. The van der Waals surface area contributed by atoms with Gasteiger partial charge in [-0.1, -0.05) is 30.3 Å². The summed E-state index contributed by atoms with van der Waals surface area (Å²) >= 11 is 0. The summed E-state index contributed by atoms with van der Waals surface area (Å²) in [7, 11) is 0. The number of nitrogens with one attached hydrogen (secondary N) is 2. The number of rotatable bonds is 6. The van der Waals surface area contributed by atoms with Crippen LogP contribution in [0, 0.1) is 6.92 Å². The number of likely N-dealkylation sites (tertiary alicyclic amines) is 1. The first-order valence-electron chi connectivity index (χ1n) is 11.0. The number of aryl methyl sites for hydroxylation is 1. The Kier molecular flexibility index (Phi) is 6.92. The molecule has 1 aliphatic heterocycles. The molecule has 0 aliphatic carbocycles. The van der Waals surface area contributed by atoms with Crippen molar-refractivity contribution in [3.63, 3.8) is 0 Å². The minimum absolute atomic E-state index is 0.0848. The van der Waals surface area contributed by atoms with Gasteiger partial charge in [0.05, 0.1) is 6.54 Å².